The van der Waals surface area contributed by atoms with E-state index in [1.54, 1.807) is 11.3 Å². The Hall–Kier alpha value is -1.19. The molecular formula is C20H30IN5S. The Kier molecular flexibility index (Phi) is 8.98. The number of benzene rings is 1. The molecule has 7 heteroatoms. The molecule has 0 radical (unpaired) electrons. The van der Waals surface area contributed by atoms with E-state index in [4.69, 9.17) is 0 Å². The van der Waals surface area contributed by atoms with E-state index in [0.29, 0.717) is 6.04 Å². The first kappa shape index (κ1) is 22.1. The highest BCUT2D eigenvalue weighted by atomic mass is 127. The Morgan fingerprint density at radius 2 is 1.93 bits per heavy atom. The summed E-state index contributed by atoms with van der Waals surface area (Å²) in [7, 11) is 1.87. The molecule has 0 amide bonds. The van der Waals surface area contributed by atoms with Crippen LogP contribution in [0.1, 0.15) is 34.8 Å². The van der Waals surface area contributed by atoms with Gasteiger partial charge in [0.15, 0.2) is 5.96 Å². The van der Waals surface area contributed by atoms with Crippen LogP contribution in [-0.2, 0) is 6.54 Å². The molecule has 5 nitrogen and oxygen atoms in total. The van der Waals surface area contributed by atoms with Crippen LogP contribution in [0.2, 0.25) is 0 Å². The lowest BCUT2D eigenvalue weighted by atomic mass is 10.0. The van der Waals surface area contributed by atoms with Gasteiger partial charge in [-0.25, -0.2) is 4.98 Å². The lowest BCUT2D eigenvalue weighted by Crippen LogP contribution is -2.52. The standard InChI is InChI=1S/C20H29N5S.HI/c1-4-19(17-8-6-5-7-9-17)24-10-12-25(13-11-24)20(21-3)23-15-18-14-22-16(2)26-18;/h5-9,14,19H,4,10-13,15H2,1-3H3,(H,21,23);1H. The van der Waals surface area contributed by atoms with Gasteiger partial charge in [0.2, 0.25) is 0 Å². The maximum atomic E-state index is 4.48. The molecule has 0 bridgehead atoms. The van der Waals surface area contributed by atoms with Gasteiger partial charge in [0, 0.05) is 50.3 Å². The zero-order valence-electron chi connectivity index (χ0n) is 16.4. The van der Waals surface area contributed by atoms with Gasteiger partial charge < -0.3 is 10.2 Å². The van der Waals surface area contributed by atoms with Crippen LogP contribution in [0.4, 0.5) is 0 Å². The fraction of sp³-hybridized carbons (Fsp3) is 0.500. The average Bonchev–Trinajstić information content (AvgIpc) is 3.10. The van der Waals surface area contributed by atoms with Crippen molar-refractivity contribution < 1.29 is 0 Å². The second-order valence-electron chi connectivity index (χ2n) is 6.60. The molecule has 1 aromatic carbocycles. The molecule has 0 aliphatic carbocycles. The second kappa shape index (κ2) is 11.0. The van der Waals surface area contributed by atoms with Crippen molar-refractivity contribution in [3.8, 4) is 0 Å². The maximum Gasteiger partial charge on any atom is 0.194 e. The zero-order valence-corrected chi connectivity index (χ0v) is 19.5. The highest BCUT2D eigenvalue weighted by Gasteiger charge is 2.25. The quantitative estimate of drug-likeness (QED) is 0.385. The van der Waals surface area contributed by atoms with Crippen molar-refractivity contribution in [2.24, 2.45) is 4.99 Å². The van der Waals surface area contributed by atoms with Crippen LogP contribution < -0.4 is 5.32 Å². The molecule has 1 fully saturated rings. The number of aliphatic imine (C=N–C) groups is 1. The molecule has 148 valence electrons. The molecule has 2 aromatic rings. The third kappa shape index (κ3) is 5.89. The molecule has 1 atom stereocenters. The number of piperazine rings is 1. The van der Waals surface area contributed by atoms with E-state index in [1.165, 1.54) is 10.4 Å². The Balaban J connectivity index is 0.00000261. The summed E-state index contributed by atoms with van der Waals surface area (Å²) in [6, 6.07) is 11.4. The summed E-state index contributed by atoms with van der Waals surface area (Å²) < 4.78 is 0. The highest BCUT2D eigenvalue weighted by molar-refractivity contribution is 14.0. The van der Waals surface area contributed by atoms with Crippen LogP contribution in [-0.4, -0.2) is 54.0 Å². The number of nitrogens with one attached hydrogen (secondary N) is 1. The molecule has 2 heterocycles. The summed E-state index contributed by atoms with van der Waals surface area (Å²) >= 11 is 1.74. The van der Waals surface area contributed by atoms with E-state index in [0.717, 1.165) is 50.1 Å². The first-order valence-electron chi connectivity index (χ1n) is 9.37. The first-order valence-corrected chi connectivity index (χ1v) is 10.2. The molecule has 1 aromatic heterocycles. The summed E-state index contributed by atoms with van der Waals surface area (Å²) in [4.78, 5) is 15.0. The molecule has 1 saturated heterocycles. The topological polar surface area (TPSA) is 43.8 Å². The first-order chi connectivity index (χ1) is 12.7. The van der Waals surface area contributed by atoms with E-state index in [2.05, 4.69) is 62.3 Å². The van der Waals surface area contributed by atoms with E-state index >= 15 is 0 Å². The number of rotatable bonds is 5. The molecule has 3 rings (SSSR count). The van der Waals surface area contributed by atoms with Crippen molar-refractivity contribution in [1.29, 1.82) is 0 Å². The predicted molar refractivity (Wildman–Crippen MR) is 125 cm³/mol. The number of thiazole rings is 1. The van der Waals surface area contributed by atoms with Crippen LogP contribution in [0.15, 0.2) is 41.5 Å². The van der Waals surface area contributed by atoms with Gasteiger partial charge in [-0.15, -0.1) is 35.3 Å². The Morgan fingerprint density at radius 1 is 1.22 bits per heavy atom. The number of aromatic nitrogens is 1. The smallest absolute Gasteiger partial charge is 0.194 e. The lowest BCUT2D eigenvalue weighted by molar-refractivity contribution is 0.127. The van der Waals surface area contributed by atoms with Crippen LogP contribution in [0, 0.1) is 6.92 Å². The van der Waals surface area contributed by atoms with Gasteiger partial charge in [-0.3, -0.25) is 9.89 Å². The summed E-state index contributed by atoms with van der Waals surface area (Å²) in [5.74, 6) is 0.989. The van der Waals surface area contributed by atoms with Crippen LogP contribution in [0.5, 0.6) is 0 Å². The largest absolute Gasteiger partial charge is 0.351 e. The van der Waals surface area contributed by atoms with E-state index in [-0.39, 0.29) is 24.0 Å². The van der Waals surface area contributed by atoms with Gasteiger partial charge in [0.05, 0.1) is 11.6 Å². The summed E-state index contributed by atoms with van der Waals surface area (Å²) in [5.41, 5.74) is 1.42. The minimum atomic E-state index is 0. The van der Waals surface area contributed by atoms with Crippen LogP contribution >= 0.6 is 35.3 Å². The monoisotopic (exact) mass is 499 g/mol. The van der Waals surface area contributed by atoms with Crippen molar-refractivity contribution in [1.82, 2.24) is 20.1 Å². The molecule has 1 N–H and O–H groups in total. The van der Waals surface area contributed by atoms with Crippen molar-refractivity contribution in [2.75, 3.05) is 33.2 Å². The predicted octanol–water partition coefficient (Wildman–Crippen LogP) is 3.91. The van der Waals surface area contributed by atoms with Crippen LogP contribution in [0.3, 0.4) is 0 Å². The number of halogens is 1. The van der Waals surface area contributed by atoms with Gasteiger partial charge >= 0.3 is 0 Å². The minimum Gasteiger partial charge on any atom is -0.351 e. The number of hydrogen-bond acceptors (Lipinski definition) is 4. The van der Waals surface area contributed by atoms with E-state index in [9.17, 15) is 0 Å². The van der Waals surface area contributed by atoms with Crippen molar-refractivity contribution in [3.05, 3.63) is 52.0 Å². The molecular weight excluding hydrogens is 469 g/mol. The van der Waals surface area contributed by atoms with Gasteiger partial charge in [-0.1, -0.05) is 37.3 Å². The Labute approximate surface area is 183 Å². The number of nitrogens with zero attached hydrogens (tertiary/aromatic N) is 4. The summed E-state index contributed by atoms with van der Waals surface area (Å²) in [6.45, 7) is 9.25. The summed E-state index contributed by atoms with van der Waals surface area (Å²) in [6.07, 6.45) is 3.09. The van der Waals surface area contributed by atoms with Crippen LogP contribution in [0.25, 0.3) is 0 Å². The van der Waals surface area contributed by atoms with E-state index < -0.39 is 0 Å². The molecule has 0 saturated carbocycles. The fourth-order valence-corrected chi connectivity index (χ4v) is 4.35. The van der Waals surface area contributed by atoms with Gasteiger partial charge in [-0.05, 0) is 18.9 Å². The van der Waals surface area contributed by atoms with Gasteiger partial charge in [-0.2, -0.15) is 0 Å². The van der Waals surface area contributed by atoms with Gasteiger partial charge in [0.25, 0.3) is 0 Å². The molecule has 1 aliphatic rings. The molecule has 0 spiro atoms. The molecule has 1 aliphatic heterocycles. The minimum absolute atomic E-state index is 0. The SMILES string of the molecule is CCC(c1ccccc1)N1CCN(C(=NC)NCc2cnc(C)s2)CC1.I. The maximum absolute atomic E-state index is 4.48. The van der Waals surface area contributed by atoms with Crippen molar-refractivity contribution in [3.63, 3.8) is 0 Å². The lowest BCUT2D eigenvalue weighted by Gasteiger charge is -2.40. The highest BCUT2D eigenvalue weighted by Crippen LogP contribution is 2.25. The second-order valence-corrected chi connectivity index (χ2v) is 7.92. The van der Waals surface area contributed by atoms with Gasteiger partial charge in [0.1, 0.15) is 0 Å². The molecule has 27 heavy (non-hydrogen) atoms. The van der Waals surface area contributed by atoms with Crippen molar-refractivity contribution >= 4 is 41.3 Å². The third-order valence-electron chi connectivity index (χ3n) is 4.93. The zero-order chi connectivity index (χ0) is 18.4. The van der Waals surface area contributed by atoms with Crippen molar-refractivity contribution in [2.45, 2.75) is 32.9 Å². The average molecular weight is 499 g/mol. The Bertz CT molecular complexity index is 710. The normalized spacial score (nSPS) is 16.7. The number of hydrogen-bond donors (Lipinski definition) is 1. The third-order valence-corrected chi connectivity index (χ3v) is 5.84. The number of aryl methyl sites for hydroxylation is 1. The Morgan fingerprint density at radius 3 is 2.48 bits per heavy atom. The number of guanidine groups is 1. The fourth-order valence-electron chi connectivity index (χ4n) is 3.61. The molecule has 1 unspecified atom stereocenters. The van der Waals surface area contributed by atoms with E-state index in [1.807, 2.05) is 20.2 Å². The summed E-state index contributed by atoms with van der Waals surface area (Å²) in [5, 5.41) is 4.59.